The highest BCUT2D eigenvalue weighted by Gasteiger charge is 2.38. The summed E-state index contributed by atoms with van der Waals surface area (Å²) in [5.74, 6) is 1.80. The maximum absolute atomic E-state index is 12.5. The Labute approximate surface area is 195 Å². The van der Waals surface area contributed by atoms with Crippen molar-refractivity contribution in [3.8, 4) is 22.5 Å². The van der Waals surface area contributed by atoms with E-state index < -0.39 is 5.60 Å². The van der Waals surface area contributed by atoms with Gasteiger partial charge in [-0.1, -0.05) is 49.4 Å². The Balaban J connectivity index is 1.34. The van der Waals surface area contributed by atoms with Crippen molar-refractivity contribution in [2.75, 3.05) is 13.1 Å². The maximum atomic E-state index is 12.5. The molecule has 1 aromatic heterocycles. The monoisotopic (exact) mass is 447 g/mol. The lowest BCUT2D eigenvalue weighted by Gasteiger charge is -2.27. The average Bonchev–Trinajstić information content (AvgIpc) is 3.35. The van der Waals surface area contributed by atoms with E-state index in [-0.39, 0.29) is 6.09 Å². The molecule has 7 nitrogen and oxygen atoms in total. The van der Waals surface area contributed by atoms with Crippen molar-refractivity contribution >= 4 is 6.09 Å². The van der Waals surface area contributed by atoms with Gasteiger partial charge in [0.1, 0.15) is 5.60 Å². The minimum atomic E-state index is -0.460. The van der Waals surface area contributed by atoms with Gasteiger partial charge in [-0.05, 0) is 79.8 Å². The fourth-order valence-electron chi connectivity index (χ4n) is 4.23. The highest BCUT2D eigenvalue weighted by Crippen LogP contribution is 2.49. The summed E-state index contributed by atoms with van der Waals surface area (Å²) in [5.41, 5.74) is 4.15. The molecule has 4 rings (SSSR count). The summed E-state index contributed by atoms with van der Waals surface area (Å²) in [4.78, 5) is 14.4. The molecule has 0 spiro atoms. The summed E-state index contributed by atoms with van der Waals surface area (Å²) in [5, 5.41) is 14.3. The van der Waals surface area contributed by atoms with Crippen molar-refractivity contribution in [1.82, 2.24) is 25.5 Å². The van der Waals surface area contributed by atoms with Crippen LogP contribution >= 0.6 is 0 Å². The first-order valence-electron chi connectivity index (χ1n) is 11.8. The molecule has 1 aliphatic rings. The molecule has 174 valence electrons. The molecular weight excluding hydrogens is 414 g/mol. The van der Waals surface area contributed by atoms with E-state index in [9.17, 15) is 4.79 Å². The molecule has 1 fully saturated rings. The summed E-state index contributed by atoms with van der Waals surface area (Å²) in [6, 6.07) is 17.0. The fraction of sp³-hybridized carbons (Fsp3) is 0.462. The molecule has 2 unspecified atom stereocenters. The number of hydrogen-bond acceptors (Lipinski definition) is 5. The number of carbonyl (C=O) groups is 1. The van der Waals surface area contributed by atoms with Crippen LogP contribution in [0.1, 0.15) is 58.4 Å². The molecule has 2 aromatic carbocycles. The summed E-state index contributed by atoms with van der Waals surface area (Å²) in [6.45, 7) is 9.33. The minimum Gasteiger partial charge on any atom is -0.444 e. The number of carbonyl (C=O) groups excluding carboxylic acids is 1. The van der Waals surface area contributed by atoms with Gasteiger partial charge in [0.05, 0.1) is 0 Å². The number of amides is 1. The Hall–Kier alpha value is -3.22. The van der Waals surface area contributed by atoms with Gasteiger partial charge in [0.25, 0.3) is 0 Å². The summed E-state index contributed by atoms with van der Waals surface area (Å²) in [6.07, 6.45) is 2.93. The van der Waals surface area contributed by atoms with Crippen molar-refractivity contribution in [2.24, 2.45) is 5.92 Å². The quantitative estimate of drug-likeness (QED) is 0.481. The predicted octanol–water partition coefficient (Wildman–Crippen LogP) is 5.67. The Morgan fingerprint density at radius 3 is 2.52 bits per heavy atom. The van der Waals surface area contributed by atoms with E-state index in [4.69, 9.17) is 4.74 Å². The van der Waals surface area contributed by atoms with E-state index in [1.165, 1.54) is 17.5 Å². The molecular formula is C26H33N5O2. The molecule has 0 saturated heterocycles. The number of nitrogens with one attached hydrogen (secondary N) is 1. The van der Waals surface area contributed by atoms with Gasteiger partial charge >= 0.3 is 6.09 Å². The van der Waals surface area contributed by atoms with E-state index in [0.717, 1.165) is 37.1 Å². The molecule has 1 saturated carbocycles. The number of aromatic amines is 1. The van der Waals surface area contributed by atoms with Crippen molar-refractivity contribution in [2.45, 2.75) is 58.5 Å². The Bertz CT molecular complexity index is 1060. The standard InChI is InChI=1S/C26H33N5O2/c1-5-14-31(25(32)33-26(2,3)4)15-13-21-17-23(21)19-11-9-18(10-12-19)20-7-6-8-22(16-20)24-27-29-30-28-24/h6-12,16,21,23H,5,13-15,17H2,1-4H3,(H,27,28,29,30). The fourth-order valence-corrected chi connectivity index (χ4v) is 4.23. The molecule has 1 heterocycles. The molecule has 0 aliphatic heterocycles. The smallest absolute Gasteiger partial charge is 0.410 e. The topological polar surface area (TPSA) is 84.0 Å². The summed E-state index contributed by atoms with van der Waals surface area (Å²) >= 11 is 0. The Morgan fingerprint density at radius 2 is 1.85 bits per heavy atom. The first-order chi connectivity index (χ1) is 15.8. The highest BCUT2D eigenvalue weighted by atomic mass is 16.6. The number of nitrogens with zero attached hydrogens (tertiary/aromatic N) is 4. The average molecular weight is 448 g/mol. The van der Waals surface area contributed by atoms with Gasteiger partial charge in [-0.15, -0.1) is 10.2 Å². The molecule has 7 heteroatoms. The van der Waals surface area contributed by atoms with Crippen LogP contribution in [0.5, 0.6) is 0 Å². The lowest BCUT2D eigenvalue weighted by atomic mass is 9.99. The zero-order chi connectivity index (χ0) is 23.4. The number of aromatic nitrogens is 4. The SMILES string of the molecule is CCCN(CCC1CC1c1ccc(-c2cccc(-c3nn[nH]n3)c2)cc1)C(=O)OC(C)(C)C. The number of hydrogen-bond donors (Lipinski definition) is 1. The second-order valence-corrected chi connectivity index (χ2v) is 9.80. The molecule has 1 aliphatic carbocycles. The lowest BCUT2D eigenvalue weighted by Crippen LogP contribution is -2.38. The van der Waals surface area contributed by atoms with Crippen LogP contribution in [0.25, 0.3) is 22.5 Å². The first kappa shape index (κ1) is 23.0. The third-order valence-corrected chi connectivity index (χ3v) is 5.98. The molecule has 3 aromatic rings. The normalized spacial score (nSPS) is 17.6. The van der Waals surface area contributed by atoms with Crippen molar-refractivity contribution < 1.29 is 9.53 Å². The van der Waals surface area contributed by atoms with E-state index in [1.54, 1.807) is 0 Å². The first-order valence-corrected chi connectivity index (χ1v) is 11.8. The van der Waals surface area contributed by atoms with Crippen LogP contribution in [0.15, 0.2) is 48.5 Å². The molecule has 33 heavy (non-hydrogen) atoms. The number of rotatable bonds is 8. The van der Waals surface area contributed by atoms with E-state index in [0.29, 0.717) is 17.7 Å². The zero-order valence-electron chi connectivity index (χ0n) is 19.9. The lowest BCUT2D eigenvalue weighted by molar-refractivity contribution is 0.0245. The van der Waals surface area contributed by atoms with Crippen LogP contribution in [-0.2, 0) is 4.74 Å². The van der Waals surface area contributed by atoms with Crippen LogP contribution in [0, 0.1) is 5.92 Å². The largest absolute Gasteiger partial charge is 0.444 e. The highest BCUT2D eigenvalue weighted by molar-refractivity contribution is 5.70. The number of tetrazole rings is 1. The predicted molar refractivity (Wildman–Crippen MR) is 129 cm³/mol. The van der Waals surface area contributed by atoms with Gasteiger partial charge in [-0.25, -0.2) is 4.79 Å². The van der Waals surface area contributed by atoms with E-state index >= 15 is 0 Å². The summed E-state index contributed by atoms with van der Waals surface area (Å²) < 4.78 is 5.58. The third-order valence-electron chi connectivity index (χ3n) is 5.98. The Kier molecular flexibility index (Phi) is 6.77. The molecule has 0 bridgehead atoms. The van der Waals surface area contributed by atoms with E-state index in [2.05, 4.69) is 63.9 Å². The maximum Gasteiger partial charge on any atom is 0.410 e. The van der Waals surface area contributed by atoms with Gasteiger partial charge in [-0.2, -0.15) is 5.21 Å². The number of ether oxygens (including phenoxy) is 1. The van der Waals surface area contributed by atoms with Crippen LogP contribution in [0.3, 0.4) is 0 Å². The van der Waals surface area contributed by atoms with Crippen LogP contribution in [0.2, 0.25) is 0 Å². The molecule has 0 radical (unpaired) electrons. The second kappa shape index (κ2) is 9.73. The second-order valence-electron chi connectivity index (χ2n) is 9.80. The summed E-state index contributed by atoms with van der Waals surface area (Å²) in [7, 11) is 0. The third kappa shape index (κ3) is 5.97. The zero-order valence-corrected chi connectivity index (χ0v) is 19.9. The van der Waals surface area contributed by atoms with Gasteiger partial charge in [0.2, 0.25) is 5.82 Å². The van der Waals surface area contributed by atoms with Gasteiger partial charge < -0.3 is 9.64 Å². The Morgan fingerprint density at radius 1 is 1.09 bits per heavy atom. The van der Waals surface area contributed by atoms with Gasteiger partial charge in [-0.3, -0.25) is 0 Å². The van der Waals surface area contributed by atoms with Crippen LogP contribution in [-0.4, -0.2) is 50.3 Å². The number of H-pyrrole nitrogens is 1. The minimum absolute atomic E-state index is 0.200. The molecule has 1 amide bonds. The van der Waals surface area contributed by atoms with Crippen LogP contribution < -0.4 is 0 Å². The van der Waals surface area contributed by atoms with Crippen molar-refractivity contribution in [3.63, 3.8) is 0 Å². The van der Waals surface area contributed by atoms with Crippen molar-refractivity contribution in [1.29, 1.82) is 0 Å². The van der Waals surface area contributed by atoms with Crippen molar-refractivity contribution in [3.05, 3.63) is 54.1 Å². The molecule has 1 N–H and O–H groups in total. The molecule has 2 atom stereocenters. The van der Waals surface area contributed by atoms with Gasteiger partial charge in [0.15, 0.2) is 0 Å². The number of benzene rings is 2. The van der Waals surface area contributed by atoms with Gasteiger partial charge in [0, 0.05) is 18.7 Å². The van der Waals surface area contributed by atoms with E-state index in [1.807, 2.05) is 37.8 Å². The van der Waals surface area contributed by atoms with Crippen LogP contribution in [0.4, 0.5) is 4.79 Å².